The molecule has 2 heterocycles. The van der Waals surface area contributed by atoms with Gasteiger partial charge in [-0.1, -0.05) is 27.7 Å². The van der Waals surface area contributed by atoms with E-state index < -0.39 is 5.79 Å². The lowest BCUT2D eigenvalue weighted by Crippen LogP contribution is -2.58. The van der Waals surface area contributed by atoms with Crippen LogP contribution in [0.15, 0.2) is 0 Å². The van der Waals surface area contributed by atoms with Crippen LogP contribution in [-0.4, -0.2) is 36.4 Å². The zero-order valence-electron chi connectivity index (χ0n) is 21.8. The van der Waals surface area contributed by atoms with Crippen molar-refractivity contribution in [3.63, 3.8) is 0 Å². The van der Waals surface area contributed by atoms with Gasteiger partial charge in [-0.05, 0) is 91.8 Å². The molecule has 1 spiro atoms. The maximum Gasteiger partial charge on any atom is 0.302 e. The van der Waals surface area contributed by atoms with Crippen LogP contribution in [0.3, 0.4) is 0 Å². The van der Waals surface area contributed by atoms with E-state index in [1.165, 1.54) is 32.1 Å². The smallest absolute Gasteiger partial charge is 0.302 e. The number of carbonyl (C=O) groups is 2. The van der Waals surface area contributed by atoms with Gasteiger partial charge in [-0.25, -0.2) is 0 Å². The van der Waals surface area contributed by atoms with Crippen LogP contribution in [0, 0.1) is 52.3 Å². The molecule has 34 heavy (non-hydrogen) atoms. The molecule has 0 amide bonds. The Bertz CT molecular complexity index is 871. The van der Waals surface area contributed by atoms with Crippen molar-refractivity contribution in [1.29, 1.82) is 0 Å². The first-order valence-electron chi connectivity index (χ1n) is 14.1. The monoisotopic (exact) mass is 472 g/mol. The standard InChI is InChI=1S/C29H44O5/c1-16-14-29(32-15-16)26(31)17(2)25-24(34-29)13-23-21-7-6-19-12-20(33-18(3)30)8-10-27(19,4)22(21)9-11-28(23,25)5/h16-17,19-25H,6-15H2,1-5H3/t16-,17+,19-,20+,21-,22+,23+,24+,25+,27+,28+,29-/m1/s1. The molecule has 0 aromatic rings. The first-order chi connectivity index (χ1) is 16.1. The molecule has 6 fully saturated rings. The highest BCUT2D eigenvalue weighted by Crippen LogP contribution is 2.70. The molecule has 6 aliphatic rings. The normalized spacial score (nSPS) is 56.4. The molecule has 0 unspecified atom stereocenters. The van der Waals surface area contributed by atoms with Gasteiger partial charge in [-0.15, -0.1) is 0 Å². The molecule has 12 atom stereocenters. The van der Waals surface area contributed by atoms with E-state index in [0.717, 1.165) is 37.5 Å². The molecule has 5 heteroatoms. The average molecular weight is 473 g/mol. The van der Waals surface area contributed by atoms with Crippen molar-refractivity contribution in [2.24, 2.45) is 52.3 Å². The van der Waals surface area contributed by atoms with Crippen LogP contribution in [0.4, 0.5) is 0 Å². The van der Waals surface area contributed by atoms with Crippen molar-refractivity contribution in [2.45, 2.75) is 110 Å². The van der Waals surface area contributed by atoms with Crippen molar-refractivity contribution in [1.82, 2.24) is 0 Å². The average Bonchev–Trinajstić information content (AvgIpc) is 3.29. The summed E-state index contributed by atoms with van der Waals surface area (Å²) in [5.74, 6) is 2.58. The molecule has 0 radical (unpaired) electrons. The number of fused-ring (bicyclic) bond motifs is 7. The summed E-state index contributed by atoms with van der Waals surface area (Å²) in [6, 6.07) is 0. The second kappa shape index (κ2) is 7.78. The highest BCUT2D eigenvalue weighted by molar-refractivity contribution is 5.89. The van der Waals surface area contributed by atoms with Crippen molar-refractivity contribution < 1.29 is 23.8 Å². The number of ketones is 1. The van der Waals surface area contributed by atoms with Crippen LogP contribution < -0.4 is 0 Å². The summed E-state index contributed by atoms with van der Waals surface area (Å²) < 4.78 is 18.5. The zero-order chi connectivity index (χ0) is 24.0. The number of carbonyl (C=O) groups excluding carboxylic acids is 2. The number of rotatable bonds is 1. The molecule has 190 valence electrons. The third kappa shape index (κ3) is 3.17. The zero-order valence-corrected chi connectivity index (χ0v) is 21.8. The summed E-state index contributed by atoms with van der Waals surface area (Å²) >= 11 is 0. The molecular weight excluding hydrogens is 428 g/mol. The predicted molar refractivity (Wildman–Crippen MR) is 128 cm³/mol. The van der Waals surface area contributed by atoms with Gasteiger partial charge in [0.15, 0.2) is 5.78 Å². The largest absolute Gasteiger partial charge is 0.463 e. The molecule has 0 bridgehead atoms. The maximum atomic E-state index is 13.6. The van der Waals surface area contributed by atoms with Gasteiger partial charge in [0.2, 0.25) is 5.79 Å². The Hall–Kier alpha value is -0.940. The van der Waals surface area contributed by atoms with Gasteiger partial charge in [0.05, 0.1) is 12.7 Å². The summed E-state index contributed by atoms with van der Waals surface area (Å²) in [5.41, 5.74) is 0.535. The minimum atomic E-state index is -0.970. The lowest BCUT2D eigenvalue weighted by atomic mass is 9.44. The van der Waals surface area contributed by atoms with Crippen molar-refractivity contribution in [2.75, 3.05) is 6.61 Å². The summed E-state index contributed by atoms with van der Waals surface area (Å²) in [6.45, 7) is 11.6. The Balaban J connectivity index is 1.25. The minimum absolute atomic E-state index is 0.0155. The van der Waals surface area contributed by atoms with Crippen molar-refractivity contribution in [3.8, 4) is 0 Å². The van der Waals surface area contributed by atoms with Crippen LogP contribution in [-0.2, 0) is 23.8 Å². The molecule has 4 saturated carbocycles. The van der Waals surface area contributed by atoms with E-state index in [1.807, 2.05) is 0 Å². The molecule has 0 N–H and O–H groups in total. The SMILES string of the molecule is CC(=O)O[C@H]1CC[C@@]2(C)[C@H](CC[C@@H]3[C@@H]2CC[C@]2(C)[C@@H]4[C@H](C[C@@H]32)O[C@]2(C[C@@H](C)CO2)C(=O)[C@H]4C)C1. The van der Waals surface area contributed by atoms with Crippen molar-refractivity contribution >= 4 is 11.8 Å². The number of hydrogen-bond acceptors (Lipinski definition) is 5. The molecular formula is C29H44O5. The van der Waals surface area contributed by atoms with E-state index in [-0.39, 0.29) is 35.3 Å². The fourth-order valence-corrected chi connectivity index (χ4v) is 10.5. The van der Waals surface area contributed by atoms with Crippen LogP contribution in [0.2, 0.25) is 0 Å². The third-order valence-corrected chi connectivity index (χ3v) is 11.9. The lowest BCUT2D eigenvalue weighted by Gasteiger charge is -2.61. The van der Waals surface area contributed by atoms with Gasteiger partial charge in [0.25, 0.3) is 0 Å². The van der Waals surface area contributed by atoms with E-state index >= 15 is 0 Å². The summed E-state index contributed by atoms with van der Waals surface area (Å²) in [4.78, 5) is 25.2. The fourth-order valence-electron chi connectivity index (χ4n) is 10.5. The van der Waals surface area contributed by atoms with Crippen LogP contribution in [0.25, 0.3) is 0 Å². The van der Waals surface area contributed by atoms with Gasteiger partial charge in [-0.2, -0.15) is 0 Å². The summed E-state index contributed by atoms with van der Waals surface area (Å²) in [7, 11) is 0. The van der Waals surface area contributed by atoms with Crippen molar-refractivity contribution in [3.05, 3.63) is 0 Å². The Morgan fingerprint density at radius 1 is 1.00 bits per heavy atom. The number of esters is 1. The molecule has 4 aliphatic carbocycles. The molecule has 6 rings (SSSR count). The quantitative estimate of drug-likeness (QED) is 0.469. The first kappa shape index (κ1) is 23.5. The highest BCUT2D eigenvalue weighted by Gasteiger charge is 2.68. The van der Waals surface area contributed by atoms with E-state index in [2.05, 4.69) is 27.7 Å². The van der Waals surface area contributed by atoms with E-state index in [0.29, 0.717) is 35.7 Å². The number of hydrogen-bond donors (Lipinski definition) is 0. The van der Waals surface area contributed by atoms with E-state index in [1.54, 1.807) is 6.92 Å². The van der Waals surface area contributed by atoms with Crippen LogP contribution in [0.5, 0.6) is 0 Å². The Kier molecular flexibility index (Phi) is 5.37. The molecule has 2 saturated heterocycles. The number of Topliss-reactive ketones (excluding diaryl/α,β-unsaturated/α-hetero) is 1. The predicted octanol–water partition coefficient (Wildman–Crippen LogP) is 5.54. The highest BCUT2D eigenvalue weighted by atomic mass is 16.7. The summed E-state index contributed by atoms with van der Waals surface area (Å²) in [6.07, 6.45) is 10.3. The Morgan fingerprint density at radius 3 is 2.47 bits per heavy atom. The second-order valence-electron chi connectivity index (χ2n) is 13.7. The Labute approximate surface area is 205 Å². The van der Waals surface area contributed by atoms with E-state index in [9.17, 15) is 9.59 Å². The summed E-state index contributed by atoms with van der Waals surface area (Å²) in [5, 5.41) is 0. The fraction of sp³-hybridized carbons (Fsp3) is 0.931. The number of ether oxygens (including phenoxy) is 3. The van der Waals surface area contributed by atoms with Crippen LogP contribution >= 0.6 is 0 Å². The van der Waals surface area contributed by atoms with Gasteiger partial charge >= 0.3 is 5.97 Å². The molecule has 0 aromatic heterocycles. The molecule has 5 nitrogen and oxygen atoms in total. The van der Waals surface area contributed by atoms with Gasteiger partial charge in [0.1, 0.15) is 6.10 Å². The third-order valence-electron chi connectivity index (χ3n) is 11.9. The lowest BCUT2D eigenvalue weighted by molar-refractivity contribution is -0.259. The van der Waals surface area contributed by atoms with Gasteiger partial charge in [-0.3, -0.25) is 9.59 Å². The molecule has 0 aromatic carbocycles. The molecule has 2 aliphatic heterocycles. The first-order valence-corrected chi connectivity index (χ1v) is 14.1. The maximum absolute atomic E-state index is 13.6. The topological polar surface area (TPSA) is 61.8 Å². The second-order valence-corrected chi connectivity index (χ2v) is 13.7. The van der Waals surface area contributed by atoms with E-state index in [4.69, 9.17) is 14.2 Å². The Morgan fingerprint density at radius 2 is 1.76 bits per heavy atom. The van der Waals surface area contributed by atoms with Crippen LogP contribution in [0.1, 0.15) is 92.4 Å². The van der Waals surface area contributed by atoms with Gasteiger partial charge < -0.3 is 14.2 Å². The van der Waals surface area contributed by atoms with Gasteiger partial charge in [0, 0.05) is 25.2 Å². The minimum Gasteiger partial charge on any atom is -0.463 e.